The van der Waals surface area contributed by atoms with Gasteiger partial charge in [0, 0.05) is 17.5 Å². The van der Waals surface area contributed by atoms with Crippen molar-refractivity contribution in [1.82, 2.24) is 0 Å². The fourth-order valence-electron chi connectivity index (χ4n) is 4.24. The number of carbonyl (C=O) groups is 1. The fourth-order valence-corrected chi connectivity index (χ4v) is 4.24. The molecular weight excluding hydrogens is 424 g/mol. The molecule has 1 N–H and O–H groups in total. The lowest BCUT2D eigenvalue weighted by atomic mass is 9.85. The summed E-state index contributed by atoms with van der Waals surface area (Å²) in [6, 6.07) is 15.6. The summed E-state index contributed by atoms with van der Waals surface area (Å²) in [5.74, 6) is 0.278. The number of phenolic OH excluding ortho intramolecular Hbond substituents is 1. The standard InChI is InChI=1S/C26H20O7/c1-30-16-8-6-14(7-9-16)19-13-32-26-23-18(15-4-3-5-17(10-15)31-2)11-22(28)33-21(23)12-20(27)24(26)25(19)29/h3-10,12-13,18,27H,11H2,1-2H3/t18-/m0/s1. The third kappa shape index (κ3) is 3.47. The van der Waals surface area contributed by atoms with E-state index in [-0.39, 0.29) is 34.3 Å². The van der Waals surface area contributed by atoms with E-state index in [1.807, 2.05) is 24.3 Å². The summed E-state index contributed by atoms with van der Waals surface area (Å²) in [4.78, 5) is 25.8. The largest absolute Gasteiger partial charge is 0.507 e. The SMILES string of the molecule is COc1ccc(-c2coc3c4c(cc(O)c3c2=O)OC(=O)C[C@H]4c2cccc(OC)c2)cc1. The molecule has 1 atom stereocenters. The molecule has 2 heterocycles. The Labute approximate surface area is 188 Å². The van der Waals surface area contributed by atoms with Crippen molar-refractivity contribution in [2.45, 2.75) is 12.3 Å². The number of carbonyl (C=O) groups excluding carboxylic acids is 1. The molecule has 1 aromatic heterocycles. The van der Waals surface area contributed by atoms with E-state index in [1.54, 1.807) is 38.5 Å². The Bertz CT molecular complexity index is 1430. The quantitative estimate of drug-likeness (QED) is 0.362. The van der Waals surface area contributed by atoms with Crippen LogP contribution < -0.4 is 19.6 Å². The summed E-state index contributed by atoms with van der Waals surface area (Å²) in [6.07, 6.45) is 1.43. The van der Waals surface area contributed by atoms with Crippen molar-refractivity contribution >= 4 is 16.9 Å². The number of esters is 1. The highest BCUT2D eigenvalue weighted by atomic mass is 16.5. The van der Waals surface area contributed by atoms with Gasteiger partial charge < -0.3 is 23.7 Å². The average Bonchev–Trinajstić information content (AvgIpc) is 2.83. The smallest absolute Gasteiger partial charge is 0.312 e. The van der Waals surface area contributed by atoms with Gasteiger partial charge in [-0.15, -0.1) is 0 Å². The zero-order chi connectivity index (χ0) is 23.1. The molecule has 3 aromatic carbocycles. The van der Waals surface area contributed by atoms with Crippen molar-refractivity contribution in [3.63, 3.8) is 0 Å². The normalized spacial score (nSPS) is 15.1. The van der Waals surface area contributed by atoms with Crippen LogP contribution in [0.3, 0.4) is 0 Å². The van der Waals surface area contributed by atoms with Gasteiger partial charge in [-0.05, 0) is 35.4 Å². The van der Waals surface area contributed by atoms with Crippen LogP contribution in [-0.2, 0) is 4.79 Å². The van der Waals surface area contributed by atoms with Gasteiger partial charge in [-0.25, -0.2) is 0 Å². The molecular formula is C26H20O7. The highest BCUT2D eigenvalue weighted by Crippen LogP contribution is 2.46. The number of fused-ring (bicyclic) bond motifs is 3. The molecule has 0 saturated heterocycles. The number of hydrogen-bond donors (Lipinski definition) is 1. The van der Waals surface area contributed by atoms with E-state index in [4.69, 9.17) is 18.6 Å². The third-order valence-corrected chi connectivity index (χ3v) is 5.87. The van der Waals surface area contributed by atoms with Gasteiger partial charge in [0.15, 0.2) is 0 Å². The first-order valence-electron chi connectivity index (χ1n) is 10.3. The topological polar surface area (TPSA) is 95.2 Å². The van der Waals surface area contributed by atoms with Gasteiger partial charge in [0.1, 0.15) is 40.2 Å². The van der Waals surface area contributed by atoms with Crippen LogP contribution in [0.25, 0.3) is 22.1 Å². The van der Waals surface area contributed by atoms with E-state index in [2.05, 4.69) is 0 Å². The summed E-state index contributed by atoms with van der Waals surface area (Å²) < 4.78 is 21.8. The summed E-state index contributed by atoms with van der Waals surface area (Å²) in [7, 11) is 3.13. The second-order valence-corrected chi connectivity index (χ2v) is 7.73. The summed E-state index contributed by atoms with van der Waals surface area (Å²) in [6.45, 7) is 0. The Balaban J connectivity index is 1.74. The lowest BCUT2D eigenvalue weighted by Gasteiger charge is -2.26. The number of benzene rings is 3. The molecule has 5 rings (SSSR count). The minimum absolute atomic E-state index is 0.0351. The molecule has 0 spiro atoms. The molecule has 7 heteroatoms. The molecule has 0 saturated carbocycles. The summed E-state index contributed by atoms with van der Waals surface area (Å²) in [5.41, 5.74) is 2.07. The molecule has 33 heavy (non-hydrogen) atoms. The minimum Gasteiger partial charge on any atom is -0.507 e. The Hall–Kier alpha value is -4.26. The van der Waals surface area contributed by atoms with Gasteiger partial charge in [0.25, 0.3) is 0 Å². The lowest BCUT2D eigenvalue weighted by molar-refractivity contribution is -0.135. The van der Waals surface area contributed by atoms with Crippen LogP contribution in [0.5, 0.6) is 23.0 Å². The molecule has 0 fully saturated rings. The van der Waals surface area contributed by atoms with Crippen LogP contribution in [0, 0.1) is 0 Å². The average molecular weight is 444 g/mol. The molecule has 166 valence electrons. The highest BCUT2D eigenvalue weighted by Gasteiger charge is 2.33. The van der Waals surface area contributed by atoms with Gasteiger partial charge in [-0.1, -0.05) is 24.3 Å². The number of aromatic hydroxyl groups is 1. The lowest BCUT2D eigenvalue weighted by Crippen LogP contribution is -2.22. The first kappa shape index (κ1) is 20.6. The van der Waals surface area contributed by atoms with Crippen molar-refractivity contribution < 1.29 is 28.5 Å². The van der Waals surface area contributed by atoms with E-state index in [9.17, 15) is 14.7 Å². The molecule has 0 unspecified atom stereocenters. The van der Waals surface area contributed by atoms with Gasteiger partial charge in [-0.2, -0.15) is 0 Å². The molecule has 7 nitrogen and oxygen atoms in total. The van der Waals surface area contributed by atoms with Gasteiger partial charge in [0.05, 0.1) is 26.2 Å². The van der Waals surface area contributed by atoms with Crippen LogP contribution in [-0.4, -0.2) is 25.3 Å². The first-order chi connectivity index (χ1) is 16.0. The van der Waals surface area contributed by atoms with Crippen LogP contribution in [0.4, 0.5) is 0 Å². The molecule has 4 aromatic rings. The maximum absolute atomic E-state index is 13.4. The van der Waals surface area contributed by atoms with E-state index >= 15 is 0 Å². The predicted octanol–water partition coefficient (Wildman–Crippen LogP) is 4.62. The zero-order valence-corrected chi connectivity index (χ0v) is 18.0. The number of methoxy groups -OCH3 is 2. The molecule has 1 aliphatic rings. The fraction of sp³-hybridized carbons (Fsp3) is 0.154. The summed E-state index contributed by atoms with van der Waals surface area (Å²) in [5, 5.41) is 10.7. The van der Waals surface area contributed by atoms with Crippen LogP contribution in [0.2, 0.25) is 0 Å². The van der Waals surface area contributed by atoms with Crippen LogP contribution in [0.15, 0.2) is 70.1 Å². The van der Waals surface area contributed by atoms with Crippen molar-refractivity contribution in [2.24, 2.45) is 0 Å². The maximum Gasteiger partial charge on any atom is 0.312 e. The number of rotatable bonds is 4. The Morgan fingerprint density at radius 3 is 2.45 bits per heavy atom. The second-order valence-electron chi connectivity index (χ2n) is 7.73. The van der Waals surface area contributed by atoms with E-state index in [0.717, 1.165) is 5.56 Å². The zero-order valence-electron chi connectivity index (χ0n) is 18.0. The van der Waals surface area contributed by atoms with Crippen LogP contribution in [0.1, 0.15) is 23.5 Å². The second kappa shape index (κ2) is 8.02. The molecule has 0 aliphatic carbocycles. The van der Waals surface area contributed by atoms with E-state index < -0.39 is 11.9 Å². The molecule has 0 radical (unpaired) electrons. The predicted molar refractivity (Wildman–Crippen MR) is 121 cm³/mol. The molecule has 1 aliphatic heterocycles. The van der Waals surface area contributed by atoms with Crippen molar-refractivity contribution in [2.75, 3.05) is 14.2 Å². The highest BCUT2D eigenvalue weighted by molar-refractivity contribution is 5.94. The van der Waals surface area contributed by atoms with Gasteiger partial charge >= 0.3 is 5.97 Å². The van der Waals surface area contributed by atoms with Crippen LogP contribution >= 0.6 is 0 Å². The number of ether oxygens (including phenoxy) is 3. The molecule has 0 amide bonds. The minimum atomic E-state index is -0.439. The van der Waals surface area contributed by atoms with Crippen molar-refractivity contribution in [3.05, 3.63) is 82.2 Å². The van der Waals surface area contributed by atoms with E-state index in [1.165, 1.54) is 12.3 Å². The van der Waals surface area contributed by atoms with E-state index in [0.29, 0.717) is 28.2 Å². The van der Waals surface area contributed by atoms with Crippen molar-refractivity contribution in [3.8, 4) is 34.1 Å². The maximum atomic E-state index is 13.4. The monoisotopic (exact) mass is 444 g/mol. The number of phenols is 1. The van der Waals surface area contributed by atoms with Gasteiger partial charge in [-0.3, -0.25) is 9.59 Å². The van der Waals surface area contributed by atoms with Crippen molar-refractivity contribution in [1.29, 1.82) is 0 Å². The van der Waals surface area contributed by atoms with Gasteiger partial charge in [0.2, 0.25) is 5.43 Å². The Morgan fingerprint density at radius 2 is 1.73 bits per heavy atom. The first-order valence-corrected chi connectivity index (χ1v) is 10.3. The molecule has 0 bridgehead atoms. The summed E-state index contributed by atoms with van der Waals surface area (Å²) >= 11 is 0. The Kier molecular flexibility index (Phi) is 5.01. The third-order valence-electron chi connectivity index (χ3n) is 5.87. The Morgan fingerprint density at radius 1 is 0.970 bits per heavy atom. The number of hydrogen-bond acceptors (Lipinski definition) is 7.